The molecule has 2 bridgehead atoms. The van der Waals surface area contributed by atoms with E-state index >= 15 is 0 Å². The maximum atomic E-state index is 12.2. The molecule has 1 aliphatic heterocycles. The Labute approximate surface area is 202 Å². The van der Waals surface area contributed by atoms with Gasteiger partial charge >= 0.3 is 0 Å². The van der Waals surface area contributed by atoms with Crippen LogP contribution in [0.3, 0.4) is 0 Å². The average molecular weight is 452 g/mol. The molecule has 0 radical (unpaired) electrons. The van der Waals surface area contributed by atoms with Crippen LogP contribution in [0.4, 0.5) is 0 Å². The van der Waals surface area contributed by atoms with Crippen molar-refractivity contribution in [2.45, 2.75) is 59.3 Å². The molecule has 1 aromatic carbocycles. The highest BCUT2D eigenvalue weighted by Gasteiger charge is 2.51. The molecule has 2 atom stereocenters. The third kappa shape index (κ3) is 6.08. The minimum atomic E-state index is 0.338. The van der Waals surface area contributed by atoms with Crippen LogP contribution in [0.15, 0.2) is 42.0 Å². The number of fused-ring (bicyclic) bond motifs is 1. The van der Waals surface area contributed by atoms with E-state index < -0.39 is 0 Å². The van der Waals surface area contributed by atoms with Crippen LogP contribution >= 0.6 is 0 Å². The number of carbonyl (C=O) groups excluding carboxylic acids is 1. The van der Waals surface area contributed by atoms with Gasteiger partial charge in [-0.15, -0.1) is 0 Å². The van der Waals surface area contributed by atoms with Crippen LogP contribution in [-0.4, -0.2) is 73.0 Å². The van der Waals surface area contributed by atoms with Crippen LogP contribution in [0.25, 0.3) is 0 Å². The van der Waals surface area contributed by atoms with Crippen molar-refractivity contribution in [2.75, 3.05) is 52.4 Å². The zero-order chi connectivity index (χ0) is 23.3. The van der Waals surface area contributed by atoms with Gasteiger partial charge in [0.15, 0.2) is 0 Å². The molecule has 2 unspecified atom stereocenters. The average Bonchev–Trinajstić information content (AvgIpc) is 2.83. The standard InChI is InChI=1S/C29H45N3O/c1-4-9-28(33)32-20-18-30(19-21-32)16-17-31(15-8-12-24-10-6-5-7-11-24)23-25-13-14-26-22-27(25)29(26,2)3/h5-7,10-11,13,26-27H,4,8-9,12,14-23H2,1-3H3. The lowest BCUT2D eigenvalue weighted by atomic mass is 9.49. The van der Waals surface area contributed by atoms with Crippen molar-refractivity contribution in [3.05, 3.63) is 47.5 Å². The molecule has 1 amide bonds. The maximum absolute atomic E-state index is 12.2. The minimum absolute atomic E-state index is 0.338. The summed E-state index contributed by atoms with van der Waals surface area (Å²) in [5.74, 6) is 2.04. The van der Waals surface area contributed by atoms with Gasteiger partial charge in [0.05, 0.1) is 0 Å². The Hall–Kier alpha value is -1.65. The summed E-state index contributed by atoms with van der Waals surface area (Å²) in [6.45, 7) is 15.5. The molecule has 0 spiro atoms. The molecule has 1 aromatic rings. The molecule has 4 heteroatoms. The van der Waals surface area contributed by atoms with Crippen LogP contribution in [0.1, 0.15) is 58.4 Å². The number of allylic oxidation sites excluding steroid dienone is 1. The quantitative estimate of drug-likeness (QED) is 0.450. The van der Waals surface area contributed by atoms with E-state index in [4.69, 9.17) is 0 Å². The van der Waals surface area contributed by atoms with Crippen molar-refractivity contribution in [1.29, 1.82) is 0 Å². The number of benzene rings is 1. The Morgan fingerprint density at radius 1 is 1.09 bits per heavy atom. The molecule has 33 heavy (non-hydrogen) atoms. The van der Waals surface area contributed by atoms with Crippen molar-refractivity contribution in [1.82, 2.24) is 14.7 Å². The summed E-state index contributed by atoms with van der Waals surface area (Å²) in [6.07, 6.45) is 9.29. The molecule has 1 saturated heterocycles. The third-order valence-electron chi connectivity index (χ3n) is 8.69. The highest BCUT2D eigenvalue weighted by Crippen LogP contribution is 2.59. The Morgan fingerprint density at radius 2 is 1.85 bits per heavy atom. The summed E-state index contributed by atoms with van der Waals surface area (Å²) in [6, 6.07) is 10.9. The van der Waals surface area contributed by atoms with Gasteiger partial charge in [-0.1, -0.05) is 62.8 Å². The zero-order valence-electron chi connectivity index (χ0n) is 21.3. The topological polar surface area (TPSA) is 26.8 Å². The van der Waals surface area contributed by atoms with E-state index in [-0.39, 0.29) is 0 Å². The number of hydrogen-bond acceptors (Lipinski definition) is 3. The van der Waals surface area contributed by atoms with Gasteiger partial charge in [0.2, 0.25) is 5.91 Å². The molecule has 2 fully saturated rings. The van der Waals surface area contributed by atoms with Gasteiger partial charge in [-0.25, -0.2) is 0 Å². The molecule has 0 N–H and O–H groups in total. The predicted molar refractivity (Wildman–Crippen MR) is 137 cm³/mol. The Bertz CT molecular complexity index is 794. The lowest BCUT2D eigenvalue weighted by Gasteiger charge is -2.57. The molecule has 1 saturated carbocycles. The van der Waals surface area contributed by atoms with Gasteiger partial charge in [0, 0.05) is 52.2 Å². The molecule has 182 valence electrons. The summed E-state index contributed by atoms with van der Waals surface area (Å²) >= 11 is 0. The van der Waals surface area contributed by atoms with Crippen molar-refractivity contribution in [3.63, 3.8) is 0 Å². The molecule has 5 rings (SSSR count). The number of rotatable bonds is 11. The fourth-order valence-electron chi connectivity index (χ4n) is 6.21. The predicted octanol–water partition coefficient (Wildman–Crippen LogP) is 4.86. The number of amides is 1. The van der Waals surface area contributed by atoms with Crippen LogP contribution in [-0.2, 0) is 11.2 Å². The van der Waals surface area contributed by atoms with E-state index in [0.29, 0.717) is 17.7 Å². The number of piperazine rings is 1. The lowest BCUT2D eigenvalue weighted by molar-refractivity contribution is -0.133. The number of hydrogen-bond donors (Lipinski definition) is 0. The fraction of sp³-hybridized carbons (Fsp3) is 0.690. The van der Waals surface area contributed by atoms with Crippen LogP contribution < -0.4 is 0 Å². The Balaban J connectivity index is 1.29. The first-order valence-electron chi connectivity index (χ1n) is 13.4. The SMILES string of the molecule is CCCC(=O)N1CCN(CCN(CCCc2ccccc2)CC2=CCC3CC2C3(C)C)CC1. The molecule has 4 aliphatic rings. The second-order valence-electron chi connectivity index (χ2n) is 11.2. The van der Waals surface area contributed by atoms with Crippen molar-refractivity contribution >= 4 is 5.91 Å². The van der Waals surface area contributed by atoms with Crippen molar-refractivity contribution in [2.24, 2.45) is 17.3 Å². The van der Waals surface area contributed by atoms with Gasteiger partial charge < -0.3 is 4.90 Å². The highest BCUT2D eigenvalue weighted by molar-refractivity contribution is 5.76. The second-order valence-corrected chi connectivity index (χ2v) is 11.2. The first-order chi connectivity index (χ1) is 16.0. The maximum Gasteiger partial charge on any atom is 0.222 e. The highest BCUT2D eigenvalue weighted by atomic mass is 16.2. The zero-order valence-corrected chi connectivity index (χ0v) is 21.3. The van der Waals surface area contributed by atoms with Gasteiger partial charge in [-0.2, -0.15) is 0 Å². The first kappa shape index (κ1) is 24.5. The van der Waals surface area contributed by atoms with Gasteiger partial charge in [0.25, 0.3) is 0 Å². The molecule has 4 nitrogen and oxygen atoms in total. The summed E-state index contributed by atoms with van der Waals surface area (Å²) in [7, 11) is 0. The van der Waals surface area contributed by atoms with Crippen molar-refractivity contribution < 1.29 is 4.79 Å². The molecule has 0 aromatic heterocycles. The number of nitrogens with zero attached hydrogens (tertiary/aromatic N) is 3. The summed E-state index contributed by atoms with van der Waals surface area (Å²) in [4.78, 5) is 19.6. The largest absolute Gasteiger partial charge is 0.340 e. The van der Waals surface area contributed by atoms with E-state index in [1.807, 2.05) is 0 Å². The summed E-state index contributed by atoms with van der Waals surface area (Å²) in [5, 5.41) is 0. The molecule has 3 aliphatic carbocycles. The normalized spacial score (nSPS) is 24.5. The van der Waals surface area contributed by atoms with Crippen molar-refractivity contribution in [3.8, 4) is 0 Å². The van der Waals surface area contributed by atoms with Crippen LogP contribution in [0.2, 0.25) is 0 Å². The minimum Gasteiger partial charge on any atom is -0.340 e. The number of aryl methyl sites for hydroxylation is 1. The van der Waals surface area contributed by atoms with E-state index in [9.17, 15) is 4.79 Å². The molecular weight excluding hydrogens is 406 g/mol. The van der Waals surface area contributed by atoms with E-state index in [2.05, 4.69) is 71.9 Å². The summed E-state index contributed by atoms with van der Waals surface area (Å²) in [5.41, 5.74) is 3.66. The van der Waals surface area contributed by atoms with Gasteiger partial charge in [-0.05, 0) is 61.5 Å². The van der Waals surface area contributed by atoms with Crippen LogP contribution in [0, 0.1) is 17.3 Å². The Kier molecular flexibility index (Phi) is 8.29. The lowest BCUT2D eigenvalue weighted by Crippen LogP contribution is -2.51. The van der Waals surface area contributed by atoms with Gasteiger partial charge in [-0.3, -0.25) is 14.6 Å². The smallest absolute Gasteiger partial charge is 0.222 e. The second kappa shape index (κ2) is 11.2. The van der Waals surface area contributed by atoms with E-state index in [1.165, 1.54) is 24.8 Å². The van der Waals surface area contributed by atoms with E-state index in [0.717, 1.165) is 77.0 Å². The summed E-state index contributed by atoms with van der Waals surface area (Å²) < 4.78 is 0. The fourth-order valence-corrected chi connectivity index (χ4v) is 6.21. The molecular formula is C29H45N3O. The molecule has 1 heterocycles. The van der Waals surface area contributed by atoms with Gasteiger partial charge in [0.1, 0.15) is 0 Å². The van der Waals surface area contributed by atoms with E-state index in [1.54, 1.807) is 5.57 Å². The number of carbonyl (C=O) groups is 1. The van der Waals surface area contributed by atoms with Crippen LogP contribution in [0.5, 0.6) is 0 Å². The monoisotopic (exact) mass is 451 g/mol. The third-order valence-corrected chi connectivity index (χ3v) is 8.69. The first-order valence-corrected chi connectivity index (χ1v) is 13.4. The Morgan fingerprint density at radius 3 is 2.52 bits per heavy atom.